The normalized spacial score (nSPS) is 12.4. The van der Waals surface area contributed by atoms with E-state index in [4.69, 9.17) is 4.74 Å². The molecule has 0 aliphatic carbocycles. The molecule has 1 amide bonds. The summed E-state index contributed by atoms with van der Waals surface area (Å²) in [7, 11) is -0.322. The molecule has 0 radical (unpaired) electrons. The van der Waals surface area contributed by atoms with Gasteiger partial charge in [0.2, 0.25) is 15.9 Å². The molecule has 0 unspecified atom stereocenters. The second kappa shape index (κ2) is 8.96. The van der Waals surface area contributed by atoms with Crippen molar-refractivity contribution in [1.29, 1.82) is 0 Å². The summed E-state index contributed by atoms with van der Waals surface area (Å²) in [4.78, 5) is 14.1. The number of halogens is 1. The minimum absolute atomic E-state index is 0.0780. The van der Waals surface area contributed by atoms with Gasteiger partial charge in [-0.3, -0.25) is 4.79 Å². The predicted molar refractivity (Wildman–Crippen MR) is 101 cm³/mol. The summed E-state index contributed by atoms with van der Waals surface area (Å²) in [6, 6.07) is 12.0. The summed E-state index contributed by atoms with van der Waals surface area (Å²) < 4.78 is 44.0. The van der Waals surface area contributed by atoms with Crippen molar-refractivity contribution >= 4 is 15.9 Å². The molecule has 27 heavy (non-hydrogen) atoms. The molecule has 1 N–H and O–H groups in total. The third-order valence-corrected chi connectivity index (χ3v) is 4.72. The average Bonchev–Trinajstić information content (AvgIpc) is 2.61. The summed E-state index contributed by atoms with van der Waals surface area (Å²) in [6.07, 6.45) is 0.945. The summed E-state index contributed by atoms with van der Waals surface area (Å²) >= 11 is 0. The fourth-order valence-electron chi connectivity index (χ4n) is 2.60. The molecule has 0 fully saturated rings. The van der Waals surface area contributed by atoms with E-state index in [0.29, 0.717) is 12.1 Å². The molecule has 6 nitrogen and oxygen atoms in total. The Morgan fingerprint density at radius 1 is 1.15 bits per heavy atom. The van der Waals surface area contributed by atoms with Crippen LogP contribution in [0.5, 0.6) is 5.75 Å². The number of hydrogen-bond acceptors (Lipinski definition) is 4. The minimum Gasteiger partial charge on any atom is -0.497 e. The molecule has 1 atom stereocenters. The lowest BCUT2D eigenvalue weighted by molar-refractivity contribution is -0.130. The quantitative estimate of drug-likeness (QED) is 0.746. The number of ether oxygens (including phenoxy) is 1. The summed E-state index contributed by atoms with van der Waals surface area (Å²) in [5.74, 6) is 0.0533. The van der Waals surface area contributed by atoms with Gasteiger partial charge in [-0.05, 0) is 35.4 Å². The Hall–Kier alpha value is -2.45. The van der Waals surface area contributed by atoms with Crippen molar-refractivity contribution in [3.8, 4) is 5.75 Å². The molecule has 2 aromatic carbocycles. The van der Waals surface area contributed by atoms with Crippen LogP contribution in [0.15, 0.2) is 48.5 Å². The van der Waals surface area contributed by atoms with Crippen molar-refractivity contribution in [2.24, 2.45) is 0 Å². The van der Waals surface area contributed by atoms with Crippen LogP contribution in [0.1, 0.15) is 23.6 Å². The molecule has 0 saturated carbocycles. The van der Waals surface area contributed by atoms with E-state index in [1.54, 1.807) is 26.3 Å². The molecular weight excluding hydrogens is 371 g/mol. The first kappa shape index (κ1) is 20.9. The zero-order valence-electron chi connectivity index (χ0n) is 15.5. The Morgan fingerprint density at radius 3 is 2.26 bits per heavy atom. The molecular formula is C19H23FN2O4S. The van der Waals surface area contributed by atoms with Gasteiger partial charge < -0.3 is 9.64 Å². The second-order valence-electron chi connectivity index (χ2n) is 6.30. The maximum atomic E-state index is 13.2. The number of carbonyl (C=O) groups is 1. The minimum atomic E-state index is -3.55. The Kier molecular flexibility index (Phi) is 6.92. The van der Waals surface area contributed by atoms with E-state index in [9.17, 15) is 17.6 Å². The van der Waals surface area contributed by atoms with Crippen molar-refractivity contribution in [3.63, 3.8) is 0 Å². The van der Waals surface area contributed by atoms with Gasteiger partial charge in [0.05, 0.1) is 19.4 Å². The third-order valence-electron chi connectivity index (χ3n) is 4.01. The largest absolute Gasteiger partial charge is 0.497 e. The SMILES string of the molecule is COc1ccc(CN(C)C(=O)C[C@@H](NS(C)(=O)=O)c2ccc(F)cc2)cc1. The number of rotatable bonds is 8. The van der Waals surface area contributed by atoms with Crippen LogP contribution in [-0.4, -0.2) is 39.6 Å². The first-order valence-corrected chi connectivity index (χ1v) is 10.2. The number of carbonyl (C=O) groups excluding carboxylic acids is 1. The molecule has 0 aliphatic rings. The van der Waals surface area contributed by atoms with E-state index in [2.05, 4.69) is 4.72 Å². The van der Waals surface area contributed by atoms with E-state index in [0.717, 1.165) is 17.6 Å². The number of nitrogens with zero attached hydrogens (tertiary/aromatic N) is 1. The fourth-order valence-corrected chi connectivity index (χ4v) is 3.34. The number of amides is 1. The zero-order chi connectivity index (χ0) is 20.0. The van der Waals surface area contributed by atoms with E-state index >= 15 is 0 Å². The Balaban J connectivity index is 2.10. The van der Waals surface area contributed by atoms with Gasteiger partial charge in [-0.25, -0.2) is 17.5 Å². The van der Waals surface area contributed by atoms with Crippen molar-refractivity contribution in [2.45, 2.75) is 19.0 Å². The number of hydrogen-bond donors (Lipinski definition) is 1. The van der Waals surface area contributed by atoms with Gasteiger partial charge in [0.15, 0.2) is 0 Å². The Labute approximate surface area is 159 Å². The Morgan fingerprint density at radius 2 is 1.74 bits per heavy atom. The van der Waals surface area contributed by atoms with Gasteiger partial charge >= 0.3 is 0 Å². The topological polar surface area (TPSA) is 75.7 Å². The summed E-state index contributed by atoms with van der Waals surface area (Å²) in [6.45, 7) is 0.373. The van der Waals surface area contributed by atoms with Crippen LogP contribution in [0.25, 0.3) is 0 Å². The highest BCUT2D eigenvalue weighted by Crippen LogP contribution is 2.20. The standard InChI is InChI=1S/C19H23FN2O4S/c1-22(13-14-4-10-17(26-2)11-5-14)19(23)12-18(21-27(3,24)25)15-6-8-16(20)9-7-15/h4-11,18,21H,12-13H2,1-3H3/t18-/m1/s1. The van der Waals surface area contributed by atoms with Gasteiger partial charge in [-0.15, -0.1) is 0 Å². The lowest BCUT2D eigenvalue weighted by Gasteiger charge is -2.22. The van der Waals surface area contributed by atoms with Gasteiger partial charge in [-0.1, -0.05) is 24.3 Å². The molecule has 0 saturated heterocycles. The molecule has 0 aromatic heterocycles. The zero-order valence-corrected chi connectivity index (χ0v) is 16.3. The maximum Gasteiger partial charge on any atom is 0.224 e. The Bertz CT molecular complexity index is 868. The second-order valence-corrected chi connectivity index (χ2v) is 8.08. The van der Waals surface area contributed by atoms with Gasteiger partial charge in [0.25, 0.3) is 0 Å². The number of nitrogens with one attached hydrogen (secondary N) is 1. The first-order valence-electron chi connectivity index (χ1n) is 8.27. The van der Waals surface area contributed by atoms with Crippen LogP contribution in [0.4, 0.5) is 4.39 Å². The lowest BCUT2D eigenvalue weighted by atomic mass is 10.0. The highest BCUT2D eigenvalue weighted by Gasteiger charge is 2.22. The molecule has 2 aromatic rings. The molecule has 8 heteroatoms. The first-order chi connectivity index (χ1) is 12.7. The smallest absolute Gasteiger partial charge is 0.224 e. The molecule has 0 spiro atoms. The van der Waals surface area contributed by atoms with Crippen LogP contribution >= 0.6 is 0 Å². The highest BCUT2D eigenvalue weighted by molar-refractivity contribution is 7.88. The van der Waals surface area contributed by atoms with Crippen LogP contribution in [0.2, 0.25) is 0 Å². The van der Waals surface area contributed by atoms with Gasteiger partial charge in [0.1, 0.15) is 11.6 Å². The van der Waals surface area contributed by atoms with Crippen molar-refractivity contribution in [3.05, 3.63) is 65.5 Å². The van der Waals surface area contributed by atoms with Gasteiger partial charge in [0, 0.05) is 20.0 Å². The fraction of sp³-hybridized carbons (Fsp3) is 0.316. The molecule has 2 rings (SSSR count). The van der Waals surface area contributed by atoms with Crippen LogP contribution in [0.3, 0.4) is 0 Å². The van der Waals surface area contributed by atoms with Crippen LogP contribution in [-0.2, 0) is 21.4 Å². The maximum absolute atomic E-state index is 13.2. The molecule has 0 aliphatic heterocycles. The number of benzene rings is 2. The number of sulfonamides is 1. The monoisotopic (exact) mass is 394 g/mol. The van der Waals surface area contributed by atoms with E-state index in [1.165, 1.54) is 29.2 Å². The van der Waals surface area contributed by atoms with Crippen molar-refractivity contribution in [1.82, 2.24) is 9.62 Å². The highest BCUT2D eigenvalue weighted by atomic mass is 32.2. The summed E-state index contributed by atoms with van der Waals surface area (Å²) in [5.41, 5.74) is 1.44. The summed E-state index contributed by atoms with van der Waals surface area (Å²) in [5, 5.41) is 0. The van der Waals surface area contributed by atoms with E-state index < -0.39 is 21.9 Å². The average molecular weight is 394 g/mol. The number of methoxy groups -OCH3 is 1. The van der Waals surface area contributed by atoms with Crippen LogP contribution in [0, 0.1) is 5.82 Å². The van der Waals surface area contributed by atoms with E-state index in [1.807, 2.05) is 12.1 Å². The molecule has 0 bridgehead atoms. The third kappa shape index (κ3) is 6.65. The molecule has 0 heterocycles. The van der Waals surface area contributed by atoms with E-state index in [-0.39, 0.29) is 12.3 Å². The predicted octanol–water partition coefficient (Wildman–Crippen LogP) is 2.47. The van der Waals surface area contributed by atoms with Crippen molar-refractivity contribution < 1.29 is 22.3 Å². The van der Waals surface area contributed by atoms with Gasteiger partial charge in [-0.2, -0.15) is 0 Å². The lowest BCUT2D eigenvalue weighted by Crippen LogP contribution is -2.34. The molecule has 146 valence electrons. The van der Waals surface area contributed by atoms with Crippen molar-refractivity contribution in [2.75, 3.05) is 20.4 Å². The van der Waals surface area contributed by atoms with Crippen LogP contribution < -0.4 is 9.46 Å².